The SMILES string of the molecule is CC[C@@H](N)c1ccc(OC)c(C(=O)c2ccc(N)nc2)c1F.O=C(O)C(F)(F)F. The Hall–Kier alpha value is -3.21. The number of benzene rings is 1. The molecule has 0 saturated heterocycles. The summed E-state index contributed by atoms with van der Waals surface area (Å²) in [6, 6.07) is 5.59. The highest BCUT2D eigenvalue weighted by molar-refractivity contribution is 6.11. The van der Waals surface area contributed by atoms with E-state index >= 15 is 0 Å². The highest BCUT2D eigenvalue weighted by Gasteiger charge is 2.38. The number of carbonyl (C=O) groups is 2. The van der Waals surface area contributed by atoms with Gasteiger partial charge in [0.1, 0.15) is 22.9 Å². The van der Waals surface area contributed by atoms with E-state index < -0.39 is 29.8 Å². The average molecular weight is 417 g/mol. The predicted octanol–water partition coefficient (Wildman–Crippen LogP) is 3.09. The summed E-state index contributed by atoms with van der Waals surface area (Å²) < 4.78 is 51.6. The Labute approximate surface area is 163 Å². The molecule has 0 saturated carbocycles. The van der Waals surface area contributed by atoms with Gasteiger partial charge < -0.3 is 21.3 Å². The molecule has 0 radical (unpaired) electrons. The van der Waals surface area contributed by atoms with Crippen molar-refractivity contribution in [1.82, 2.24) is 4.98 Å². The maximum atomic E-state index is 14.7. The van der Waals surface area contributed by atoms with Crippen molar-refractivity contribution in [1.29, 1.82) is 0 Å². The number of alkyl halides is 3. The van der Waals surface area contributed by atoms with Crippen LogP contribution in [0.4, 0.5) is 23.4 Å². The molecule has 2 rings (SSSR count). The van der Waals surface area contributed by atoms with Crippen LogP contribution in [0.2, 0.25) is 0 Å². The molecule has 2 aromatic rings. The quantitative estimate of drug-likeness (QED) is 0.504. The number of anilines is 1. The molecule has 0 aliphatic heterocycles. The minimum Gasteiger partial charge on any atom is -0.496 e. The minimum atomic E-state index is -5.08. The Morgan fingerprint density at radius 1 is 1.24 bits per heavy atom. The average Bonchev–Trinajstić information content (AvgIpc) is 2.66. The number of halogens is 4. The number of hydrogen-bond acceptors (Lipinski definition) is 6. The highest BCUT2D eigenvalue weighted by Crippen LogP contribution is 2.30. The number of ether oxygens (including phenoxy) is 1. The molecule has 0 unspecified atom stereocenters. The standard InChI is InChI=1S/C16H18FN3O2.C2HF3O2/c1-3-11(18)10-5-6-12(22-2)14(15(10)17)16(21)9-4-7-13(19)20-8-9;3-2(4,5)1(6)7/h4-8,11H,3,18H2,1-2H3,(H2,19,20);(H,6,7)/t11-;/m1./s1. The lowest BCUT2D eigenvalue weighted by Crippen LogP contribution is -2.21. The molecule has 29 heavy (non-hydrogen) atoms. The first-order valence-corrected chi connectivity index (χ1v) is 8.12. The van der Waals surface area contributed by atoms with Gasteiger partial charge in [-0.25, -0.2) is 14.2 Å². The highest BCUT2D eigenvalue weighted by atomic mass is 19.4. The zero-order valence-corrected chi connectivity index (χ0v) is 15.5. The van der Waals surface area contributed by atoms with Crippen LogP contribution in [0.1, 0.15) is 40.9 Å². The van der Waals surface area contributed by atoms with E-state index in [1.807, 2.05) is 6.92 Å². The summed E-state index contributed by atoms with van der Waals surface area (Å²) in [5.74, 6) is -3.49. The van der Waals surface area contributed by atoms with Crippen molar-refractivity contribution >= 4 is 17.6 Å². The molecule has 1 aromatic carbocycles. The number of pyridine rings is 1. The van der Waals surface area contributed by atoms with Crippen molar-refractivity contribution < 1.29 is 37.0 Å². The number of aliphatic carboxylic acids is 1. The van der Waals surface area contributed by atoms with E-state index in [9.17, 15) is 22.4 Å². The summed E-state index contributed by atoms with van der Waals surface area (Å²) in [4.78, 5) is 25.3. The van der Waals surface area contributed by atoms with Gasteiger partial charge in [-0.3, -0.25) is 4.79 Å². The van der Waals surface area contributed by atoms with Crippen molar-refractivity contribution in [3.05, 3.63) is 53.0 Å². The molecule has 0 amide bonds. The Kier molecular flexibility index (Phi) is 8.07. The summed E-state index contributed by atoms with van der Waals surface area (Å²) in [6.45, 7) is 1.85. The molecule has 0 aliphatic rings. The number of carboxylic acid groups (broad SMARTS) is 1. The van der Waals surface area contributed by atoms with E-state index in [0.717, 1.165) is 0 Å². The monoisotopic (exact) mass is 417 g/mol. The largest absolute Gasteiger partial charge is 0.496 e. The van der Waals surface area contributed by atoms with Crippen LogP contribution in [0.15, 0.2) is 30.5 Å². The fourth-order valence-corrected chi connectivity index (χ4v) is 2.15. The van der Waals surface area contributed by atoms with Gasteiger partial charge in [0.25, 0.3) is 0 Å². The van der Waals surface area contributed by atoms with Crippen LogP contribution >= 0.6 is 0 Å². The van der Waals surface area contributed by atoms with Crippen LogP contribution < -0.4 is 16.2 Å². The Morgan fingerprint density at radius 3 is 2.24 bits per heavy atom. The number of carbonyl (C=O) groups excluding carboxylic acids is 1. The lowest BCUT2D eigenvalue weighted by molar-refractivity contribution is -0.192. The van der Waals surface area contributed by atoms with Crippen molar-refractivity contribution in [2.24, 2.45) is 5.73 Å². The van der Waals surface area contributed by atoms with Crippen molar-refractivity contribution in [3.63, 3.8) is 0 Å². The Balaban J connectivity index is 0.000000516. The maximum absolute atomic E-state index is 14.7. The molecular formula is C18H19F4N3O4. The van der Waals surface area contributed by atoms with Gasteiger partial charge in [-0.05, 0) is 24.6 Å². The summed E-state index contributed by atoms with van der Waals surface area (Å²) in [7, 11) is 1.38. The molecular weight excluding hydrogens is 398 g/mol. The Morgan fingerprint density at radius 2 is 1.83 bits per heavy atom. The van der Waals surface area contributed by atoms with Gasteiger partial charge in [0.05, 0.1) is 7.11 Å². The third kappa shape index (κ3) is 6.14. The van der Waals surface area contributed by atoms with E-state index in [-0.39, 0.29) is 28.3 Å². The third-order valence-corrected chi connectivity index (χ3v) is 3.71. The zero-order valence-electron chi connectivity index (χ0n) is 15.5. The molecule has 0 aliphatic carbocycles. The van der Waals surface area contributed by atoms with Crippen molar-refractivity contribution in [2.75, 3.05) is 12.8 Å². The predicted molar refractivity (Wildman–Crippen MR) is 95.9 cm³/mol. The van der Waals surface area contributed by atoms with E-state index in [1.54, 1.807) is 12.1 Å². The summed E-state index contributed by atoms with van der Waals surface area (Å²) in [5, 5.41) is 7.12. The molecule has 158 valence electrons. The molecule has 1 atom stereocenters. The second-order valence-electron chi connectivity index (χ2n) is 5.66. The second-order valence-corrected chi connectivity index (χ2v) is 5.66. The Bertz CT molecular complexity index is 871. The lowest BCUT2D eigenvalue weighted by atomic mass is 9.96. The molecule has 1 heterocycles. The second kappa shape index (κ2) is 9.82. The fourth-order valence-electron chi connectivity index (χ4n) is 2.15. The topological polar surface area (TPSA) is 129 Å². The normalized spacial score (nSPS) is 11.8. The molecule has 11 heteroatoms. The van der Waals surface area contributed by atoms with Gasteiger partial charge in [0.2, 0.25) is 5.78 Å². The molecule has 7 nitrogen and oxygen atoms in total. The number of ketones is 1. The molecule has 0 spiro atoms. The number of nitrogens with two attached hydrogens (primary N) is 2. The summed E-state index contributed by atoms with van der Waals surface area (Å²) in [6.07, 6.45) is -3.22. The first kappa shape index (κ1) is 23.8. The number of aromatic nitrogens is 1. The molecule has 5 N–H and O–H groups in total. The molecule has 0 fully saturated rings. The van der Waals surface area contributed by atoms with Crippen LogP contribution in [0.3, 0.4) is 0 Å². The van der Waals surface area contributed by atoms with Crippen LogP contribution in [-0.4, -0.2) is 35.1 Å². The first-order valence-electron chi connectivity index (χ1n) is 8.12. The van der Waals surface area contributed by atoms with Crippen molar-refractivity contribution in [3.8, 4) is 5.75 Å². The first-order chi connectivity index (χ1) is 13.4. The van der Waals surface area contributed by atoms with E-state index in [2.05, 4.69) is 4.98 Å². The smallest absolute Gasteiger partial charge is 0.490 e. The van der Waals surface area contributed by atoms with Gasteiger partial charge in [0, 0.05) is 23.4 Å². The zero-order chi connectivity index (χ0) is 22.4. The molecule has 1 aromatic heterocycles. The lowest BCUT2D eigenvalue weighted by Gasteiger charge is -2.15. The van der Waals surface area contributed by atoms with Crippen LogP contribution in [-0.2, 0) is 4.79 Å². The van der Waals surface area contributed by atoms with Gasteiger partial charge in [0.15, 0.2) is 0 Å². The van der Waals surface area contributed by atoms with Gasteiger partial charge in [-0.2, -0.15) is 13.2 Å². The number of nitrogens with zero attached hydrogens (tertiary/aromatic N) is 1. The van der Waals surface area contributed by atoms with E-state index in [4.69, 9.17) is 26.1 Å². The van der Waals surface area contributed by atoms with Crippen LogP contribution in [0.25, 0.3) is 0 Å². The third-order valence-electron chi connectivity index (χ3n) is 3.71. The minimum absolute atomic E-state index is 0.143. The van der Waals surface area contributed by atoms with Gasteiger partial charge >= 0.3 is 12.1 Å². The van der Waals surface area contributed by atoms with Gasteiger partial charge in [-0.15, -0.1) is 0 Å². The number of methoxy groups -OCH3 is 1. The van der Waals surface area contributed by atoms with E-state index in [1.165, 1.54) is 25.4 Å². The summed E-state index contributed by atoms with van der Waals surface area (Å²) >= 11 is 0. The van der Waals surface area contributed by atoms with Crippen LogP contribution in [0, 0.1) is 5.82 Å². The van der Waals surface area contributed by atoms with Gasteiger partial charge in [-0.1, -0.05) is 13.0 Å². The number of nitrogen functional groups attached to an aromatic ring is 1. The summed E-state index contributed by atoms with van der Waals surface area (Å²) in [5.41, 5.74) is 11.8. The number of carboxylic acids is 1. The van der Waals surface area contributed by atoms with Crippen molar-refractivity contribution in [2.45, 2.75) is 25.6 Å². The van der Waals surface area contributed by atoms with Crippen LogP contribution in [0.5, 0.6) is 5.75 Å². The number of hydrogen-bond donors (Lipinski definition) is 3. The molecule has 0 bridgehead atoms. The fraction of sp³-hybridized carbons (Fsp3) is 0.278. The number of rotatable bonds is 5. The maximum Gasteiger partial charge on any atom is 0.490 e. The van der Waals surface area contributed by atoms with E-state index in [0.29, 0.717) is 6.42 Å².